The molecule has 0 saturated heterocycles. The lowest BCUT2D eigenvalue weighted by molar-refractivity contribution is -0.130. The summed E-state index contributed by atoms with van der Waals surface area (Å²) in [4.78, 5) is 20.7. The van der Waals surface area contributed by atoms with Crippen LogP contribution in [0.5, 0.6) is 5.75 Å². The maximum Gasteiger partial charge on any atom is 0.284 e. The number of rotatable bonds is 3. The van der Waals surface area contributed by atoms with Crippen LogP contribution in [-0.4, -0.2) is 21.6 Å². The molecule has 3 rings (SSSR count). The predicted molar refractivity (Wildman–Crippen MR) is 87.2 cm³/mol. The lowest BCUT2D eigenvalue weighted by Gasteiger charge is -2.32. The Morgan fingerprint density at radius 1 is 1.30 bits per heavy atom. The number of aromatic nitrogens is 2. The molecule has 120 valence electrons. The van der Waals surface area contributed by atoms with Crippen LogP contribution in [0.25, 0.3) is 0 Å². The number of nitrogens with two attached hydrogens (primary N) is 1. The summed E-state index contributed by atoms with van der Waals surface area (Å²) < 4.78 is 5.72. The number of fused-ring (bicyclic) bond motifs is 1. The summed E-state index contributed by atoms with van der Waals surface area (Å²) in [6, 6.07) is 10.2. The fourth-order valence-electron chi connectivity index (χ4n) is 2.66. The van der Waals surface area contributed by atoms with Gasteiger partial charge < -0.3 is 10.1 Å². The summed E-state index contributed by atoms with van der Waals surface area (Å²) in [7, 11) is 0. The van der Waals surface area contributed by atoms with Crippen LogP contribution in [0.3, 0.4) is 0 Å². The predicted octanol–water partition coefficient (Wildman–Crippen LogP) is 2.14. The summed E-state index contributed by atoms with van der Waals surface area (Å²) >= 11 is 0. The number of amides is 1. The molecular weight excluding hydrogens is 292 g/mol. The Morgan fingerprint density at radius 2 is 2.00 bits per heavy atom. The van der Waals surface area contributed by atoms with Gasteiger partial charge in [-0.25, -0.2) is 9.97 Å². The molecule has 6 heteroatoms. The topological polar surface area (TPSA) is 90.1 Å². The highest BCUT2D eigenvalue weighted by atomic mass is 16.5. The minimum absolute atomic E-state index is 0.0960. The number of hydrogen-bond acceptors (Lipinski definition) is 5. The zero-order valence-electron chi connectivity index (χ0n) is 13.5. The van der Waals surface area contributed by atoms with E-state index in [4.69, 9.17) is 10.5 Å². The number of carbonyl (C=O) groups is 1. The van der Waals surface area contributed by atoms with Crippen LogP contribution in [-0.2, 0) is 11.2 Å². The Hall–Kier alpha value is -2.47. The van der Waals surface area contributed by atoms with Gasteiger partial charge in [0.15, 0.2) is 11.6 Å². The van der Waals surface area contributed by atoms with E-state index in [0.717, 1.165) is 12.1 Å². The Morgan fingerprint density at radius 3 is 2.70 bits per heavy atom. The first-order valence-electron chi connectivity index (χ1n) is 7.58. The molecule has 1 aliphatic rings. The van der Waals surface area contributed by atoms with Crippen molar-refractivity contribution >= 4 is 11.7 Å². The average Bonchev–Trinajstić information content (AvgIpc) is 2.49. The van der Waals surface area contributed by atoms with Gasteiger partial charge in [0.2, 0.25) is 5.72 Å². The van der Waals surface area contributed by atoms with Gasteiger partial charge in [0, 0.05) is 5.92 Å². The molecule has 2 heterocycles. The number of nitrogens with one attached hydrogen (secondary N) is 1. The van der Waals surface area contributed by atoms with Crippen LogP contribution in [0.1, 0.15) is 36.8 Å². The first-order valence-corrected chi connectivity index (χ1v) is 7.58. The fraction of sp³-hybridized carbons (Fsp3) is 0.353. The van der Waals surface area contributed by atoms with Gasteiger partial charge >= 0.3 is 0 Å². The molecule has 2 unspecified atom stereocenters. The summed E-state index contributed by atoms with van der Waals surface area (Å²) in [6.07, 6.45) is 0.808. The number of nitrogens with zero attached hydrogens (tertiary/aromatic N) is 2. The van der Waals surface area contributed by atoms with Crippen molar-refractivity contribution in [3.63, 3.8) is 0 Å². The maximum atomic E-state index is 11.9. The molecule has 0 bridgehead atoms. The molecule has 1 amide bonds. The molecule has 1 aromatic heterocycles. The fourth-order valence-corrected chi connectivity index (χ4v) is 2.66. The van der Waals surface area contributed by atoms with E-state index in [1.54, 1.807) is 6.92 Å². The van der Waals surface area contributed by atoms with E-state index in [1.165, 1.54) is 12.5 Å². The van der Waals surface area contributed by atoms with Crippen LogP contribution < -0.4 is 15.8 Å². The molecule has 0 aliphatic carbocycles. The highest BCUT2D eigenvalue weighted by molar-refractivity contribution is 5.99. The van der Waals surface area contributed by atoms with Gasteiger partial charge in [-0.05, 0) is 25.8 Å². The molecular formula is C17H20N4O2. The third kappa shape index (κ3) is 3.03. The lowest BCUT2D eigenvalue weighted by Crippen LogP contribution is -2.56. The van der Waals surface area contributed by atoms with E-state index >= 15 is 0 Å². The van der Waals surface area contributed by atoms with Crippen LogP contribution in [0.4, 0.5) is 5.82 Å². The molecule has 0 fully saturated rings. The summed E-state index contributed by atoms with van der Waals surface area (Å²) in [5, 5.41) is 2.71. The average molecular weight is 312 g/mol. The van der Waals surface area contributed by atoms with Crippen molar-refractivity contribution in [3.05, 3.63) is 47.4 Å². The van der Waals surface area contributed by atoms with E-state index in [9.17, 15) is 4.79 Å². The van der Waals surface area contributed by atoms with E-state index in [1.807, 2.05) is 18.2 Å². The van der Waals surface area contributed by atoms with Gasteiger partial charge in [-0.2, -0.15) is 0 Å². The molecule has 0 saturated carbocycles. The van der Waals surface area contributed by atoms with Crippen molar-refractivity contribution in [2.75, 3.05) is 5.32 Å². The number of hydrogen-bond donors (Lipinski definition) is 2. The standard InChI is InChI=1S/C17H20N4O2/c1-10(9-12-7-5-4-6-8-12)13-14-15(20-11(2)19-13)21-16(22)17(3,18)23-14/h4-8,10H,9,18H2,1-3H3,(H,19,20,21,22). The number of ether oxygens (including phenoxy) is 1. The van der Waals surface area contributed by atoms with Crippen molar-refractivity contribution in [1.82, 2.24) is 9.97 Å². The number of aryl methyl sites for hydroxylation is 1. The SMILES string of the molecule is Cc1nc2c(c(C(C)Cc3ccccc3)n1)OC(C)(N)C(=O)N2. The van der Waals surface area contributed by atoms with Crippen molar-refractivity contribution in [3.8, 4) is 5.75 Å². The van der Waals surface area contributed by atoms with Crippen molar-refractivity contribution in [2.24, 2.45) is 5.73 Å². The highest BCUT2D eigenvalue weighted by Crippen LogP contribution is 2.37. The first-order chi connectivity index (χ1) is 10.9. The Bertz CT molecular complexity index is 744. The second kappa shape index (κ2) is 5.62. The smallest absolute Gasteiger partial charge is 0.284 e. The largest absolute Gasteiger partial charge is 0.458 e. The molecule has 0 spiro atoms. The van der Waals surface area contributed by atoms with Gasteiger partial charge in [0.25, 0.3) is 5.91 Å². The number of benzene rings is 1. The molecule has 3 N–H and O–H groups in total. The normalized spacial score (nSPS) is 21.1. The van der Waals surface area contributed by atoms with E-state index in [2.05, 4.69) is 34.3 Å². The quantitative estimate of drug-likeness (QED) is 0.906. The van der Waals surface area contributed by atoms with E-state index in [-0.39, 0.29) is 5.92 Å². The van der Waals surface area contributed by atoms with Gasteiger partial charge in [0.05, 0.1) is 5.69 Å². The molecule has 23 heavy (non-hydrogen) atoms. The molecule has 2 atom stereocenters. The summed E-state index contributed by atoms with van der Waals surface area (Å²) in [5.41, 5.74) is 6.45. The third-order valence-electron chi connectivity index (χ3n) is 3.85. The van der Waals surface area contributed by atoms with Crippen molar-refractivity contribution in [1.29, 1.82) is 0 Å². The molecule has 1 aromatic carbocycles. The zero-order chi connectivity index (χ0) is 16.6. The van der Waals surface area contributed by atoms with E-state index in [0.29, 0.717) is 17.4 Å². The molecule has 2 aromatic rings. The Labute approximate surface area is 135 Å². The minimum atomic E-state index is -1.42. The Balaban J connectivity index is 1.98. The summed E-state index contributed by atoms with van der Waals surface area (Å²) in [5.74, 6) is 1.12. The van der Waals surface area contributed by atoms with Gasteiger partial charge in [-0.3, -0.25) is 10.5 Å². The van der Waals surface area contributed by atoms with Crippen molar-refractivity contribution < 1.29 is 9.53 Å². The van der Waals surface area contributed by atoms with Crippen LogP contribution in [0, 0.1) is 6.92 Å². The Kier molecular flexibility index (Phi) is 3.77. The van der Waals surface area contributed by atoms with E-state index < -0.39 is 11.6 Å². The number of anilines is 1. The first kappa shape index (κ1) is 15.4. The maximum absolute atomic E-state index is 11.9. The van der Waals surface area contributed by atoms with Gasteiger partial charge in [0.1, 0.15) is 5.82 Å². The van der Waals surface area contributed by atoms with Crippen molar-refractivity contribution in [2.45, 2.75) is 38.8 Å². The summed E-state index contributed by atoms with van der Waals surface area (Å²) in [6.45, 7) is 5.39. The van der Waals surface area contributed by atoms with Gasteiger partial charge in [-0.1, -0.05) is 37.3 Å². The molecule has 6 nitrogen and oxygen atoms in total. The zero-order valence-corrected chi connectivity index (χ0v) is 13.5. The molecule has 0 radical (unpaired) electrons. The van der Waals surface area contributed by atoms with Crippen LogP contribution in [0.15, 0.2) is 30.3 Å². The second-order valence-corrected chi connectivity index (χ2v) is 6.09. The van der Waals surface area contributed by atoms with Gasteiger partial charge in [-0.15, -0.1) is 0 Å². The molecule has 1 aliphatic heterocycles. The third-order valence-corrected chi connectivity index (χ3v) is 3.85. The lowest BCUT2D eigenvalue weighted by atomic mass is 9.96. The van der Waals surface area contributed by atoms with Crippen LogP contribution >= 0.6 is 0 Å². The van der Waals surface area contributed by atoms with Crippen LogP contribution in [0.2, 0.25) is 0 Å². The number of carbonyl (C=O) groups excluding carboxylic acids is 1. The monoisotopic (exact) mass is 312 g/mol. The second-order valence-electron chi connectivity index (χ2n) is 6.09. The minimum Gasteiger partial charge on any atom is -0.458 e. The highest BCUT2D eigenvalue weighted by Gasteiger charge is 2.39.